The van der Waals surface area contributed by atoms with Crippen LogP contribution in [-0.2, 0) is 14.3 Å². The summed E-state index contributed by atoms with van der Waals surface area (Å²) < 4.78 is 11.1. The van der Waals surface area contributed by atoms with Gasteiger partial charge in [-0.25, -0.2) is 0 Å². The molecular weight excluding hydrogens is 206 g/mol. The van der Waals surface area contributed by atoms with Crippen LogP contribution in [0.5, 0.6) is 0 Å². The van der Waals surface area contributed by atoms with E-state index < -0.39 is 0 Å². The number of carbonyl (C=O) groups is 1. The lowest BCUT2D eigenvalue weighted by Crippen LogP contribution is -2.50. The summed E-state index contributed by atoms with van der Waals surface area (Å²) in [6.07, 6.45) is 1.88. The fourth-order valence-corrected chi connectivity index (χ4v) is 2.25. The lowest BCUT2D eigenvalue weighted by atomic mass is 10.1. The second-order valence-corrected chi connectivity index (χ2v) is 4.94. The van der Waals surface area contributed by atoms with Crippen molar-refractivity contribution in [3.63, 3.8) is 0 Å². The van der Waals surface area contributed by atoms with Crippen LogP contribution in [0.1, 0.15) is 26.7 Å². The quantitative estimate of drug-likeness (QED) is 0.707. The van der Waals surface area contributed by atoms with Gasteiger partial charge in [0.25, 0.3) is 5.91 Å². The van der Waals surface area contributed by atoms with E-state index in [1.807, 2.05) is 4.90 Å². The molecule has 1 amide bonds. The van der Waals surface area contributed by atoms with Crippen LogP contribution in [0.2, 0.25) is 0 Å². The Kier molecular flexibility index (Phi) is 3.82. The summed E-state index contributed by atoms with van der Waals surface area (Å²) in [5.41, 5.74) is 0. The molecule has 0 aromatic rings. The molecule has 2 aliphatic heterocycles. The average Bonchev–Trinajstić information content (AvgIpc) is 2.81. The monoisotopic (exact) mass is 227 g/mol. The Hall–Kier alpha value is -0.610. The van der Waals surface area contributed by atoms with Gasteiger partial charge in [0.05, 0.1) is 12.7 Å². The lowest BCUT2D eigenvalue weighted by molar-refractivity contribution is -0.149. The molecule has 0 aromatic heterocycles. The number of ether oxygens (including phenoxy) is 2. The van der Waals surface area contributed by atoms with E-state index in [0.29, 0.717) is 19.1 Å². The van der Waals surface area contributed by atoms with Crippen molar-refractivity contribution in [3.8, 4) is 0 Å². The lowest BCUT2D eigenvalue weighted by Gasteiger charge is -2.35. The van der Waals surface area contributed by atoms with Gasteiger partial charge in [0.1, 0.15) is 6.10 Å². The Morgan fingerprint density at radius 1 is 1.31 bits per heavy atom. The maximum Gasteiger partial charge on any atom is 0.251 e. The highest BCUT2D eigenvalue weighted by Gasteiger charge is 2.32. The molecule has 2 rings (SSSR count). The number of nitrogens with zero attached hydrogens (tertiary/aromatic N) is 1. The van der Waals surface area contributed by atoms with Gasteiger partial charge in [-0.05, 0) is 18.8 Å². The molecule has 92 valence electrons. The number of hydrogen-bond donors (Lipinski definition) is 0. The first-order valence-corrected chi connectivity index (χ1v) is 6.20. The van der Waals surface area contributed by atoms with Crippen molar-refractivity contribution in [2.45, 2.75) is 38.9 Å². The van der Waals surface area contributed by atoms with E-state index in [1.165, 1.54) is 0 Å². The summed E-state index contributed by atoms with van der Waals surface area (Å²) in [5, 5.41) is 0. The summed E-state index contributed by atoms with van der Waals surface area (Å²) in [4.78, 5) is 14.0. The van der Waals surface area contributed by atoms with Gasteiger partial charge in [-0.15, -0.1) is 0 Å². The molecule has 0 bridgehead atoms. The molecule has 2 saturated heterocycles. The van der Waals surface area contributed by atoms with Gasteiger partial charge in [0.2, 0.25) is 0 Å². The van der Waals surface area contributed by atoms with Crippen LogP contribution in [0.15, 0.2) is 0 Å². The molecule has 4 nitrogen and oxygen atoms in total. The first-order valence-electron chi connectivity index (χ1n) is 6.20. The number of morpholine rings is 1. The maximum absolute atomic E-state index is 12.1. The first-order chi connectivity index (χ1) is 7.68. The highest BCUT2D eigenvalue weighted by molar-refractivity contribution is 5.81. The van der Waals surface area contributed by atoms with Crippen molar-refractivity contribution in [2.24, 2.45) is 5.92 Å². The zero-order chi connectivity index (χ0) is 11.5. The molecule has 0 spiro atoms. The highest BCUT2D eigenvalue weighted by atomic mass is 16.5. The summed E-state index contributed by atoms with van der Waals surface area (Å²) in [5.74, 6) is 0.617. The van der Waals surface area contributed by atoms with Crippen LogP contribution in [0.25, 0.3) is 0 Å². The molecule has 2 aliphatic rings. The fourth-order valence-electron chi connectivity index (χ4n) is 2.25. The first kappa shape index (κ1) is 11.9. The van der Waals surface area contributed by atoms with Crippen molar-refractivity contribution in [1.29, 1.82) is 0 Å². The minimum Gasteiger partial charge on any atom is -0.374 e. The molecule has 0 radical (unpaired) electrons. The van der Waals surface area contributed by atoms with Crippen LogP contribution >= 0.6 is 0 Å². The van der Waals surface area contributed by atoms with Gasteiger partial charge in [-0.1, -0.05) is 13.8 Å². The molecular formula is C12H21NO3. The van der Waals surface area contributed by atoms with Gasteiger partial charge in [-0.3, -0.25) is 4.79 Å². The predicted octanol–water partition coefficient (Wildman–Crippen LogP) is 1.05. The topological polar surface area (TPSA) is 38.8 Å². The largest absolute Gasteiger partial charge is 0.374 e. The van der Waals surface area contributed by atoms with Gasteiger partial charge >= 0.3 is 0 Å². The molecule has 2 atom stereocenters. The van der Waals surface area contributed by atoms with E-state index in [0.717, 1.165) is 26.0 Å². The van der Waals surface area contributed by atoms with E-state index >= 15 is 0 Å². The summed E-state index contributed by atoms with van der Waals surface area (Å²) in [6, 6.07) is 0. The molecule has 16 heavy (non-hydrogen) atoms. The number of carbonyl (C=O) groups excluding carboxylic acids is 1. The van der Waals surface area contributed by atoms with Gasteiger partial charge in [0.15, 0.2) is 0 Å². The Balaban J connectivity index is 1.90. The Morgan fingerprint density at radius 3 is 2.75 bits per heavy atom. The smallest absolute Gasteiger partial charge is 0.251 e. The van der Waals surface area contributed by atoms with Crippen LogP contribution in [0, 0.1) is 5.92 Å². The summed E-state index contributed by atoms with van der Waals surface area (Å²) >= 11 is 0. The van der Waals surface area contributed by atoms with E-state index in [-0.39, 0.29) is 18.1 Å². The van der Waals surface area contributed by atoms with Gasteiger partial charge in [0, 0.05) is 19.7 Å². The van der Waals surface area contributed by atoms with E-state index in [9.17, 15) is 4.79 Å². The van der Waals surface area contributed by atoms with Crippen molar-refractivity contribution in [2.75, 3.05) is 26.3 Å². The van der Waals surface area contributed by atoms with Gasteiger partial charge < -0.3 is 14.4 Å². The summed E-state index contributed by atoms with van der Waals surface area (Å²) in [7, 11) is 0. The van der Waals surface area contributed by atoms with Crippen molar-refractivity contribution in [3.05, 3.63) is 0 Å². The third kappa shape index (κ3) is 2.55. The standard InChI is InChI=1S/C12H21NO3/c1-9(2)11-8-13(5-7-16-11)12(14)10-4-3-6-15-10/h9-11H,3-8H2,1-2H3. The maximum atomic E-state index is 12.1. The molecule has 2 fully saturated rings. The fraction of sp³-hybridized carbons (Fsp3) is 0.917. The zero-order valence-electron chi connectivity index (χ0n) is 10.1. The predicted molar refractivity (Wildman–Crippen MR) is 60.1 cm³/mol. The Bertz CT molecular complexity index is 249. The van der Waals surface area contributed by atoms with Crippen LogP contribution in [-0.4, -0.2) is 49.3 Å². The van der Waals surface area contributed by atoms with E-state index in [4.69, 9.17) is 9.47 Å². The number of amides is 1. The van der Waals surface area contributed by atoms with Gasteiger partial charge in [-0.2, -0.15) is 0 Å². The molecule has 2 unspecified atom stereocenters. The van der Waals surface area contributed by atoms with Crippen molar-refractivity contribution >= 4 is 5.91 Å². The third-order valence-corrected chi connectivity index (χ3v) is 3.35. The second-order valence-electron chi connectivity index (χ2n) is 4.94. The minimum atomic E-state index is -0.189. The Labute approximate surface area is 96.9 Å². The SMILES string of the molecule is CC(C)C1CN(C(=O)C2CCCO2)CCO1. The molecule has 0 aromatic carbocycles. The zero-order valence-corrected chi connectivity index (χ0v) is 10.1. The summed E-state index contributed by atoms with van der Waals surface area (Å²) in [6.45, 7) is 7.07. The molecule has 0 aliphatic carbocycles. The number of hydrogen-bond acceptors (Lipinski definition) is 3. The van der Waals surface area contributed by atoms with E-state index in [2.05, 4.69) is 13.8 Å². The normalized spacial score (nSPS) is 31.1. The van der Waals surface area contributed by atoms with Crippen LogP contribution in [0.4, 0.5) is 0 Å². The third-order valence-electron chi connectivity index (χ3n) is 3.35. The average molecular weight is 227 g/mol. The minimum absolute atomic E-state index is 0.159. The number of rotatable bonds is 2. The van der Waals surface area contributed by atoms with Crippen LogP contribution < -0.4 is 0 Å². The highest BCUT2D eigenvalue weighted by Crippen LogP contribution is 2.18. The molecule has 0 saturated carbocycles. The van der Waals surface area contributed by atoms with Crippen molar-refractivity contribution < 1.29 is 14.3 Å². The second kappa shape index (κ2) is 5.15. The molecule has 4 heteroatoms. The van der Waals surface area contributed by atoms with E-state index in [1.54, 1.807) is 0 Å². The molecule has 0 N–H and O–H groups in total. The van der Waals surface area contributed by atoms with Crippen molar-refractivity contribution in [1.82, 2.24) is 4.90 Å². The van der Waals surface area contributed by atoms with Crippen LogP contribution in [0.3, 0.4) is 0 Å². The Morgan fingerprint density at radius 2 is 2.12 bits per heavy atom. The molecule has 2 heterocycles.